The molecule has 2 bridgehead atoms. The minimum absolute atomic E-state index is 0.314. The molecule has 2 atom stereocenters. The number of nitrogens with zero attached hydrogens (tertiary/aromatic N) is 1. The fourth-order valence-electron chi connectivity index (χ4n) is 5.51. The van der Waals surface area contributed by atoms with E-state index in [1.165, 1.54) is 24.3 Å². The predicted molar refractivity (Wildman–Crippen MR) is 112 cm³/mol. The van der Waals surface area contributed by atoms with Gasteiger partial charge in [-0.25, -0.2) is 9.29 Å². The van der Waals surface area contributed by atoms with Gasteiger partial charge in [-0.05, 0) is 46.5 Å². The molecule has 1 heterocycles. The molecule has 30 heavy (non-hydrogen) atoms. The number of benzene rings is 3. The Morgan fingerprint density at radius 2 is 1.03 bits per heavy atom. The van der Waals surface area contributed by atoms with E-state index >= 15 is 0 Å². The molecule has 1 saturated heterocycles. The van der Waals surface area contributed by atoms with Crippen LogP contribution in [0.15, 0.2) is 72.8 Å². The highest BCUT2D eigenvalue weighted by molar-refractivity contribution is 6.38. The minimum atomic E-state index is -1.21. The van der Waals surface area contributed by atoms with Crippen LogP contribution in [-0.4, -0.2) is 11.8 Å². The van der Waals surface area contributed by atoms with Crippen LogP contribution in [0.3, 0.4) is 0 Å². The summed E-state index contributed by atoms with van der Waals surface area (Å²) in [4.78, 5) is 26.0. The normalized spacial score (nSPS) is 30.8. The third-order valence-electron chi connectivity index (χ3n) is 6.67. The molecule has 3 aromatic rings. The van der Waals surface area contributed by atoms with Crippen LogP contribution in [0.1, 0.15) is 22.3 Å². The molecule has 0 aromatic heterocycles. The summed E-state index contributed by atoms with van der Waals surface area (Å²) in [5, 5.41) is 0. The molecular formula is C24H14Cl2FNO2. The van der Waals surface area contributed by atoms with Gasteiger partial charge in [0.2, 0.25) is 11.8 Å². The second-order valence-corrected chi connectivity index (χ2v) is 9.15. The minimum Gasteiger partial charge on any atom is -0.274 e. The van der Waals surface area contributed by atoms with E-state index in [0.717, 1.165) is 27.2 Å². The molecule has 3 nitrogen and oxygen atoms in total. The van der Waals surface area contributed by atoms with Crippen molar-refractivity contribution in [2.75, 3.05) is 4.90 Å². The molecule has 0 N–H and O–H groups in total. The van der Waals surface area contributed by atoms with Crippen molar-refractivity contribution in [2.24, 2.45) is 11.8 Å². The molecule has 2 amide bonds. The fourth-order valence-corrected chi connectivity index (χ4v) is 6.61. The molecule has 1 fully saturated rings. The topological polar surface area (TPSA) is 37.4 Å². The van der Waals surface area contributed by atoms with Gasteiger partial charge in [0.25, 0.3) is 0 Å². The maximum Gasteiger partial charge on any atom is 0.240 e. The van der Waals surface area contributed by atoms with Gasteiger partial charge in [0.1, 0.15) is 15.6 Å². The van der Waals surface area contributed by atoms with Crippen LogP contribution in [0.5, 0.6) is 0 Å². The first-order chi connectivity index (χ1) is 14.4. The zero-order chi connectivity index (χ0) is 20.8. The summed E-state index contributed by atoms with van der Waals surface area (Å²) in [5.41, 5.74) is 3.33. The molecule has 148 valence electrons. The van der Waals surface area contributed by atoms with Crippen molar-refractivity contribution in [2.45, 2.75) is 9.75 Å². The Balaban J connectivity index is 1.66. The number of rotatable bonds is 1. The Morgan fingerprint density at radius 3 is 1.40 bits per heavy atom. The van der Waals surface area contributed by atoms with Crippen LogP contribution in [0.4, 0.5) is 10.1 Å². The maximum absolute atomic E-state index is 13.7. The number of halogens is 3. The Kier molecular flexibility index (Phi) is 3.45. The first-order valence-corrected chi connectivity index (χ1v) is 10.4. The van der Waals surface area contributed by atoms with Crippen molar-refractivity contribution in [3.05, 3.63) is 101 Å². The second kappa shape index (κ2) is 5.71. The summed E-state index contributed by atoms with van der Waals surface area (Å²) in [7, 11) is 0. The lowest BCUT2D eigenvalue weighted by Gasteiger charge is -2.54. The Hall–Kier alpha value is -2.69. The van der Waals surface area contributed by atoms with Crippen molar-refractivity contribution in [1.82, 2.24) is 0 Å². The Bertz CT molecular complexity index is 1130. The van der Waals surface area contributed by atoms with Gasteiger partial charge in [0, 0.05) is 0 Å². The first kappa shape index (κ1) is 18.1. The van der Waals surface area contributed by atoms with E-state index in [2.05, 4.69) is 0 Å². The summed E-state index contributed by atoms with van der Waals surface area (Å²) in [6, 6.07) is 20.3. The van der Waals surface area contributed by atoms with Gasteiger partial charge in [-0.15, -0.1) is 23.2 Å². The first-order valence-electron chi connectivity index (χ1n) is 9.61. The molecule has 0 saturated carbocycles. The van der Waals surface area contributed by atoms with E-state index < -0.39 is 39.2 Å². The third kappa shape index (κ3) is 1.88. The van der Waals surface area contributed by atoms with Gasteiger partial charge >= 0.3 is 0 Å². The summed E-state index contributed by atoms with van der Waals surface area (Å²) >= 11 is 14.7. The number of carbonyl (C=O) groups is 2. The van der Waals surface area contributed by atoms with Crippen LogP contribution < -0.4 is 4.90 Å². The molecule has 3 aliphatic carbocycles. The summed E-state index contributed by atoms with van der Waals surface area (Å²) in [6.45, 7) is 0. The van der Waals surface area contributed by atoms with Gasteiger partial charge in [-0.2, -0.15) is 0 Å². The zero-order valence-electron chi connectivity index (χ0n) is 15.5. The molecule has 7 rings (SSSR count). The standard InChI is InChI=1S/C24H14Cl2FNO2/c25-23-15-5-1-2-6-16(15)24(26,18-8-4-3-7-17(18)23)20-19(23)21(29)28(22(20)30)14-11-9-13(27)10-12-14/h1-12,19-20H/t19-,20-,23?,24?/m0/s1. The third-order valence-corrected chi connectivity index (χ3v) is 7.95. The Labute approximate surface area is 182 Å². The molecule has 3 aromatic carbocycles. The number of amides is 2. The van der Waals surface area contributed by atoms with E-state index in [0.29, 0.717) is 5.69 Å². The average molecular weight is 438 g/mol. The lowest BCUT2D eigenvalue weighted by atomic mass is 9.54. The van der Waals surface area contributed by atoms with E-state index in [9.17, 15) is 14.0 Å². The van der Waals surface area contributed by atoms with Gasteiger partial charge in [-0.1, -0.05) is 48.5 Å². The molecule has 1 aliphatic heterocycles. The molecule has 6 heteroatoms. The highest BCUT2D eigenvalue weighted by Crippen LogP contribution is 2.69. The molecule has 4 aliphatic rings. The summed E-state index contributed by atoms with van der Waals surface area (Å²) in [5.74, 6) is -3.00. The molecule has 0 unspecified atom stereocenters. The maximum atomic E-state index is 13.7. The Morgan fingerprint density at radius 1 is 0.667 bits per heavy atom. The van der Waals surface area contributed by atoms with Crippen LogP contribution in [0.25, 0.3) is 0 Å². The van der Waals surface area contributed by atoms with Crippen LogP contribution in [0.2, 0.25) is 0 Å². The van der Waals surface area contributed by atoms with Crippen molar-refractivity contribution in [3.8, 4) is 0 Å². The smallest absolute Gasteiger partial charge is 0.240 e. The highest BCUT2D eigenvalue weighted by Gasteiger charge is 2.73. The molecule has 0 radical (unpaired) electrons. The zero-order valence-corrected chi connectivity index (χ0v) is 17.0. The van der Waals surface area contributed by atoms with E-state index in [-0.39, 0.29) is 0 Å². The van der Waals surface area contributed by atoms with Gasteiger partial charge in [0.05, 0.1) is 17.5 Å². The van der Waals surface area contributed by atoms with Crippen molar-refractivity contribution in [3.63, 3.8) is 0 Å². The lowest BCUT2D eigenvalue weighted by Crippen LogP contribution is -2.57. The largest absolute Gasteiger partial charge is 0.274 e. The van der Waals surface area contributed by atoms with Crippen LogP contribution in [-0.2, 0) is 19.3 Å². The van der Waals surface area contributed by atoms with Crippen molar-refractivity contribution in [1.29, 1.82) is 0 Å². The van der Waals surface area contributed by atoms with Crippen LogP contribution in [0, 0.1) is 17.7 Å². The van der Waals surface area contributed by atoms with Crippen LogP contribution >= 0.6 is 23.2 Å². The fraction of sp³-hybridized carbons (Fsp3) is 0.167. The quantitative estimate of drug-likeness (QED) is 0.400. The van der Waals surface area contributed by atoms with Gasteiger partial charge in [0.15, 0.2) is 0 Å². The molecule has 0 spiro atoms. The van der Waals surface area contributed by atoms with Crippen molar-refractivity contribution >= 4 is 40.7 Å². The van der Waals surface area contributed by atoms with Crippen molar-refractivity contribution < 1.29 is 14.0 Å². The second-order valence-electron chi connectivity index (χ2n) is 7.96. The number of carbonyl (C=O) groups excluding carboxylic acids is 2. The van der Waals surface area contributed by atoms with Gasteiger partial charge in [-0.3, -0.25) is 9.59 Å². The average Bonchev–Trinajstić information content (AvgIpc) is 3.04. The summed E-state index contributed by atoms with van der Waals surface area (Å²) < 4.78 is 13.4. The van der Waals surface area contributed by atoms with E-state index in [4.69, 9.17) is 23.2 Å². The monoisotopic (exact) mass is 437 g/mol. The highest BCUT2D eigenvalue weighted by atomic mass is 35.5. The van der Waals surface area contributed by atoms with E-state index in [1.54, 1.807) is 0 Å². The number of hydrogen-bond donors (Lipinski definition) is 0. The number of hydrogen-bond acceptors (Lipinski definition) is 2. The lowest BCUT2D eigenvalue weighted by molar-refractivity contribution is -0.122. The van der Waals surface area contributed by atoms with Gasteiger partial charge < -0.3 is 0 Å². The predicted octanol–water partition coefficient (Wildman–Crippen LogP) is 4.92. The number of imide groups is 1. The molecular weight excluding hydrogens is 424 g/mol. The number of anilines is 1. The number of alkyl halides is 2. The summed E-state index contributed by atoms with van der Waals surface area (Å²) in [6.07, 6.45) is 0. The van der Waals surface area contributed by atoms with E-state index in [1.807, 2.05) is 48.5 Å². The SMILES string of the molecule is O=C1[C@@H]2[C@@H](C(=O)N1c1ccc(F)cc1)C1(Cl)c3ccccc3C2(Cl)c2ccccc21.